The van der Waals surface area contributed by atoms with Gasteiger partial charge >= 0.3 is 0 Å². The first kappa shape index (κ1) is 10.4. The lowest BCUT2D eigenvalue weighted by Crippen LogP contribution is -1.97. The molecule has 0 aliphatic heterocycles. The summed E-state index contributed by atoms with van der Waals surface area (Å²) >= 11 is 0. The summed E-state index contributed by atoms with van der Waals surface area (Å²) < 4.78 is 10.4. The zero-order valence-corrected chi connectivity index (χ0v) is 8.76. The quantitative estimate of drug-likeness (QED) is 0.749. The minimum atomic E-state index is 0.630. The zero-order valence-electron chi connectivity index (χ0n) is 8.76. The summed E-state index contributed by atoms with van der Waals surface area (Å²) in [5.74, 6) is 1.31. The standard InChI is InChI=1S/C11H15NO2/c1-7(2)9-5-8(12)6-10(13-3)11(9)14-4/h5-6H,1,12H2,2-4H3. The molecular formula is C11H15NO2. The van der Waals surface area contributed by atoms with Crippen molar-refractivity contribution in [2.45, 2.75) is 6.92 Å². The highest BCUT2D eigenvalue weighted by atomic mass is 16.5. The maximum Gasteiger partial charge on any atom is 0.168 e. The summed E-state index contributed by atoms with van der Waals surface area (Å²) in [5, 5.41) is 0. The van der Waals surface area contributed by atoms with E-state index in [2.05, 4.69) is 6.58 Å². The Kier molecular flexibility index (Phi) is 3.02. The van der Waals surface area contributed by atoms with E-state index < -0.39 is 0 Å². The SMILES string of the molecule is C=C(C)c1cc(N)cc(OC)c1OC. The maximum atomic E-state index is 5.72. The highest BCUT2D eigenvalue weighted by Gasteiger charge is 2.11. The second-order valence-electron chi connectivity index (χ2n) is 3.08. The molecule has 0 saturated heterocycles. The maximum absolute atomic E-state index is 5.72. The molecule has 0 bridgehead atoms. The van der Waals surface area contributed by atoms with Crippen molar-refractivity contribution in [2.75, 3.05) is 20.0 Å². The van der Waals surface area contributed by atoms with Gasteiger partial charge in [0.1, 0.15) is 0 Å². The van der Waals surface area contributed by atoms with Crippen molar-refractivity contribution in [1.29, 1.82) is 0 Å². The lowest BCUT2D eigenvalue weighted by Gasteiger charge is -2.13. The van der Waals surface area contributed by atoms with Gasteiger partial charge in [-0.3, -0.25) is 0 Å². The van der Waals surface area contributed by atoms with Crippen LogP contribution in [0.3, 0.4) is 0 Å². The van der Waals surface area contributed by atoms with Gasteiger partial charge in [-0.25, -0.2) is 0 Å². The molecule has 1 aromatic rings. The van der Waals surface area contributed by atoms with E-state index in [1.54, 1.807) is 20.3 Å². The predicted octanol–water partition coefficient (Wildman–Crippen LogP) is 2.32. The molecule has 0 unspecified atom stereocenters. The molecule has 2 N–H and O–H groups in total. The Bertz CT molecular complexity index is 359. The van der Waals surface area contributed by atoms with Crippen LogP contribution in [0.5, 0.6) is 11.5 Å². The normalized spacial score (nSPS) is 9.64. The smallest absolute Gasteiger partial charge is 0.168 e. The van der Waals surface area contributed by atoms with E-state index in [0.29, 0.717) is 17.2 Å². The Morgan fingerprint density at radius 3 is 2.36 bits per heavy atom. The summed E-state index contributed by atoms with van der Waals surface area (Å²) in [5.41, 5.74) is 8.13. The van der Waals surface area contributed by atoms with Crippen molar-refractivity contribution < 1.29 is 9.47 Å². The first-order chi connectivity index (χ1) is 6.60. The van der Waals surface area contributed by atoms with Crippen LogP contribution < -0.4 is 15.2 Å². The highest BCUT2D eigenvalue weighted by Crippen LogP contribution is 2.36. The van der Waals surface area contributed by atoms with Crippen LogP contribution in [0.15, 0.2) is 18.7 Å². The van der Waals surface area contributed by atoms with Gasteiger partial charge in [-0.05, 0) is 18.6 Å². The number of allylic oxidation sites excluding steroid dienone is 1. The lowest BCUT2D eigenvalue weighted by molar-refractivity contribution is 0.354. The lowest BCUT2D eigenvalue weighted by atomic mass is 10.1. The largest absolute Gasteiger partial charge is 0.493 e. The van der Waals surface area contributed by atoms with E-state index in [1.165, 1.54) is 0 Å². The number of nitrogen functional groups attached to an aromatic ring is 1. The number of anilines is 1. The molecule has 0 amide bonds. The molecule has 0 aliphatic carbocycles. The summed E-state index contributed by atoms with van der Waals surface area (Å²) in [4.78, 5) is 0. The predicted molar refractivity (Wildman–Crippen MR) is 58.7 cm³/mol. The fourth-order valence-corrected chi connectivity index (χ4v) is 1.30. The molecule has 0 spiro atoms. The molecule has 0 aromatic heterocycles. The molecule has 1 rings (SSSR count). The van der Waals surface area contributed by atoms with Crippen molar-refractivity contribution in [3.05, 3.63) is 24.3 Å². The monoisotopic (exact) mass is 193 g/mol. The van der Waals surface area contributed by atoms with E-state index in [-0.39, 0.29) is 0 Å². The van der Waals surface area contributed by atoms with E-state index in [1.807, 2.05) is 13.0 Å². The number of methoxy groups -OCH3 is 2. The zero-order chi connectivity index (χ0) is 10.7. The van der Waals surface area contributed by atoms with Crippen LogP contribution in [-0.2, 0) is 0 Å². The average molecular weight is 193 g/mol. The van der Waals surface area contributed by atoms with E-state index in [0.717, 1.165) is 11.1 Å². The summed E-state index contributed by atoms with van der Waals surface area (Å²) in [6, 6.07) is 3.55. The number of hydrogen-bond donors (Lipinski definition) is 1. The number of hydrogen-bond acceptors (Lipinski definition) is 3. The van der Waals surface area contributed by atoms with Gasteiger partial charge in [0.2, 0.25) is 0 Å². The van der Waals surface area contributed by atoms with Crippen LogP contribution >= 0.6 is 0 Å². The molecule has 0 atom stereocenters. The number of rotatable bonds is 3. The summed E-state index contributed by atoms with van der Waals surface area (Å²) in [7, 11) is 3.18. The minimum Gasteiger partial charge on any atom is -0.493 e. The third-order valence-corrected chi connectivity index (χ3v) is 1.96. The molecule has 14 heavy (non-hydrogen) atoms. The van der Waals surface area contributed by atoms with Gasteiger partial charge in [-0.1, -0.05) is 6.58 Å². The van der Waals surface area contributed by atoms with Gasteiger partial charge in [0.15, 0.2) is 11.5 Å². The topological polar surface area (TPSA) is 44.5 Å². The second-order valence-corrected chi connectivity index (χ2v) is 3.08. The van der Waals surface area contributed by atoms with Crippen LogP contribution in [0.1, 0.15) is 12.5 Å². The van der Waals surface area contributed by atoms with Gasteiger partial charge in [-0.15, -0.1) is 0 Å². The van der Waals surface area contributed by atoms with Crippen LogP contribution in [0.4, 0.5) is 5.69 Å². The second kappa shape index (κ2) is 4.05. The number of ether oxygens (including phenoxy) is 2. The minimum absolute atomic E-state index is 0.630. The van der Waals surface area contributed by atoms with Crippen molar-refractivity contribution in [3.8, 4) is 11.5 Å². The van der Waals surface area contributed by atoms with Crippen LogP contribution in [0.2, 0.25) is 0 Å². The van der Waals surface area contributed by atoms with Crippen LogP contribution in [-0.4, -0.2) is 14.2 Å². The van der Waals surface area contributed by atoms with E-state index >= 15 is 0 Å². The van der Waals surface area contributed by atoms with Crippen molar-refractivity contribution in [3.63, 3.8) is 0 Å². The molecule has 0 radical (unpaired) electrons. The molecule has 1 aromatic carbocycles. The highest BCUT2D eigenvalue weighted by molar-refractivity contribution is 5.74. The van der Waals surface area contributed by atoms with Crippen molar-refractivity contribution >= 4 is 11.3 Å². The van der Waals surface area contributed by atoms with E-state index in [9.17, 15) is 0 Å². The van der Waals surface area contributed by atoms with Crippen LogP contribution in [0, 0.1) is 0 Å². The average Bonchev–Trinajstić information content (AvgIpc) is 2.16. The first-order valence-corrected chi connectivity index (χ1v) is 4.27. The molecular weight excluding hydrogens is 178 g/mol. The van der Waals surface area contributed by atoms with E-state index in [4.69, 9.17) is 15.2 Å². The number of benzene rings is 1. The third-order valence-electron chi connectivity index (χ3n) is 1.96. The van der Waals surface area contributed by atoms with Gasteiger partial charge in [0.25, 0.3) is 0 Å². The molecule has 3 heteroatoms. The molecule has 3 nitrogen and oxygen atoms in total. The van der Waals surface area contributed by atoms with Gasteiger partial charge in [-0.2, -0.15) is 0 Å². The summed E-state index contributed by atoms with van der Waals surface area (Å²) in [6.07, 6.45) is 0. The molecule has 76 valence electrons. The Morgan fingerprint density at radius 2 is 1.93 bits per heavy atom. The molecule has 0 fully saturated rings. The molecule has 0 heterocycles. The number of nitrogens with two attached hydrogens (primary N) is 1. The van der Waals surface area contributed by atoms with Gasteiger partial charge < -0.3 is 15.2 Å². The molecule has 0 saturated carbocycles. The van der Waals surface area contributed by atoms with Gasteiger partial charge in [0.05, 0.1) is 14.2 Å². The first-order valence-electron chi connectivity index (χ1n) is 4.27. The Morgan fingerprint density at radius 1 is 1.29 bits per heavy atom. The van der Waals surface area contributed by atoms with Crippen LogP contribution in [0.25, 0.3) is 5.57 Å². The summed E-state index contributed by atoms with van der Waals surface area (Å²) in [6.45, 7) is 5.76. The Labute approximate surface area is 84.1 Å². The Balaban J connectivity index is 3.39. The fourth-order valence-electron chi connectivity index (χ4n) is 1.30. The van der Waals surface area contributed by atoms with Crippen molar-refractivity contribution in [2.24, 2.45) is 0 Å². The van der Waals surface area contributed by atoms with Crippen molar-refractivity contribution in [1.82, 2.24) is 0 Å². The fraction of sp³-hybridized carbons (Fsp3) is 0.273. The Hall–Kier alpha value is -1.64. The third kappa shape index (κ3) is 1.82. The molecule has 0 aliphatic rings. The van der Waals surface area contributed by atoms with Gasteiger partial charge in [0, 0.05) is 17.3 Å².